The molecule has 2 aromatic rings. The van der Waals surface area contributed by atoms with Crippen molar-refractivity contribution >= 4 is 23.4 Å². The highest BCUT2D eigenvalue weighted by Crippen LogP contribution is 2.39. The quantitative estimate of drug-likeness (QED) is 0.812. The Morgan fingerprint density at radius 1 is 1.36 bits per heavy atom. The fourth-order valence-electron chi connectivity index (χ4n) is 3.22. The minimum atomic E-state index is -0.192. The smallest absolute Gasteiger partial charge is 0.222 e. The predicted molar refractivity (Wildman–Crippen MR) is 106 cm³/mol. The molecule has 148 valence electrons. The van der Waals surface area contributed by atoms with Gasteiger partial charge in [-0.3, -0.25) is 0 Å². The third-order valence-electron chi connectivity index (χ3n) is 4.43. The van der Waals surface area contributed by atoms with Gasteiger partial charge in [-0.15, -0.1) is 0 Å². The fraction of sp³-hybridized carbons (Fsp3) is 0.421. The average Bonchev–Trinajstić information content (AvgIpc) is 2.91. The average molecular weight is 404 g/mol. The number of aromatic nitrogens is 2. The molecule has 28 heavy (non-hydrogen) atoms. The Kier molecular flexibility index (Phi) is 6.39. The zero-order chi connectivity index (χ0) is 20.1. The summed E-state index contributed by atoms with van der Waals surface area (Å²) in [6, 6.07) is 7.12. The van der Waals surface area contributed by atoms with E-state index in [-0.39, 0.29) is 18.6 Å². The number of hydrogen-bond donors (Lipinski definition) is 1. The molecule has 1 saturated heterocycles. The highest BCUT2D eigenvalue weighted by molar-refractivity contribution is 6.31. The van der Waals surface area contributed by atoms with Crippen LogP contribution in [0.5, 0.6) is 11.5 Å². The van der Waals surface area contributed by atoms with E-state index < -0.39 is 0 Å². The first-order valence-electron chi connectivity index (χ1n) is 8.86. The number of ether oxygens (including phenoxy) is 3. The maximum absolute atomic E-state index is 8.76. The van der Waals surface area contributed by atoms with Crippen LogP contribution in [0.15, 0.2) is 18.2 Å². The summed E-state index contributed by atoms with van der Waals surface area (Å²) in [5.41, 5.74) is 7.47. The molecule has 0 spiro atoms. The largest absolute Gasteiger partial charge is 0.493 e. The van der Waals surface area contributed by atoms with E-state index in [0.29, 0.717) is 29.7 Å². The first-order valence-corrected chi connectivity index (χ1v) is 9.24. The zero-order valence-electron chi connectivity index (χ0n) is 15.8. The van der Waals surface area contributed by atoms with Crippen molar-refractivity contribution in [3.63, 3.8) is 0 Å². The number of nitriles is 1. The van der Waals surface area contributed by atoms with Crippen LogP contribution in [0.2, 0.25) is 5.02 Å². The number of aryl methyl sites for hydroxylation is 1. The molecule has 0 bridgehead atoms. The van der Waals surface area contributed by atoms with Gasteiger partial charge in [-0.25, -0.2) is 4.98 Å². The van der Waals surface area contributed by atoms with Crippen molar-refractivity contribution in [1.29, 1.82) is 5.26 Å². The normalized spacial score (nSPS) is 16.9. The van der Waals surface area contributed by atoms with Gasteiger partial charge in [-0.05, 0) is 25.0 Å². The second-order valence-corrected chi connectivity index (χ2v) is 6.74. The maximum atomic E-state index is 8.76. The first-order chi connectivity index (χ1) is 13.5. The number of methoxy groups -OCH3 is 1. The van der Waals surface area contributed by atoms with Crippen LogP contribution in [-0.4, -0.2) is 43.4 Å². The summed E-state index contributed by atoms with van der Waals surface area (Å²) in [6.07, 6.45) is 0.845. The molecule has 1 fully saturated rings. The Morgan fingerprint density at radius 3 is 2.89 bits per heavy atom. The van der Waals surface area contributed by atoms with Gasteiger partial charge in [0.25, 0.3) is 0 Å². The van der Waals surface area contributed by atoms with E-state index in [1.807, 2.05) is 25.1 Å². The molecular weight excluding hydrogens is 382 g/mol. The highest BCUT2D eigenvalue weighted by Gasteiger charge is 2.28. The Hall–Kier alpha value is -2.76. The van der Waals surface area contributed by atoms with Crippen LogP contribution in [0.25, 0.3) is 0 Å². The molecule has 1 atom stereocenters. The minimum Gasteiger partial charge on any atom is -0.493 e. The Bertz CT molecular complexity index is 866. The van der Waals surface area contributed by atoms with Gasteiger partial charge >= 0.3 is 0 Å². The third kappa shape index (κ3) is 4.38. The maximum Gasteiger partial charge on any atom is 0.222 e. The molecule has 1 aliphatic heterocycles. The molecule has 0 aliphatic carbocycles. The molecular formula is C19H22ClN5O3. The summed E-state index contributed by atoms with van der Waals surface area (Å²) < 4.78 is 16.7. The van der Waals surface area contributed by atoms with E-state index in [1.165, 1.54) is 0 Å². The molecule has 9 heteroatoms. The van der Waals surface area contributed by atoms with Gasteiger partial charge in [0, 0.05) is 36.0 Å². The second kappa shape index (κ2) is 8.95. The summed E-state index contributed by atoms with van der Waals surface area (Å²) >= 11 is 6.58. The topological polar surface area (TPSA) is 107 Å². The van der Waals surface area contributed by atoms with Crippen LogP contribution in [0.3, 0.4) is 0 Å². The molecule has 0 radical (unpaired) electrons. The number of nitrogens with zero attached hydrogens (tertiary/aromatic N) is 4. The van der Waals surface area contributed by atoms with Gasteiger partial charge in [-0.2, -0.15) is 10.2 Å². The molecule has 2 N–H and O–H groups in total. The van der Waals surface area contributed by atoms with Crippen molar-refractivity contribution < 1.29 is 14.2 Å². The number of rotatable bonds is 5. The lowest BCUT2D eigenvalue weighted by molar-refractivity contribution is 0.134. The van der Waals surface area contributed by atoms with Crippen molar-refractivity contribution in [2.24, 2.45) is 0 Å². The molecule has 1 aliphatic rings. The van der Waals surface area contributed by atoms with Crippen molar-refractivity contribution in [2.45, 2.75) is 19.4 Å². The summed E-state index contributed by atoms with van der Waals surface area (Å²) in [6.45, 7) is 3.59. The van der Waals surface area contributed by atoms with E-state index in [1.54, 1.807) is 13.2 Å². The molecule has 1 unspecified atom stereocenters. The monoisotopic (exact) mass is 403 g/mol. The van der Waals surface area contributed by atoms with E-state index in [2.05, 4.69) is 14.9 Å². The predicted octanol–water partition coefficient (Wildman–Crippen LogP) is 2.90. The highest BCUT2D eigenvalue weighted by atomic mass is 35.5. The van der Waals surface area contributed by atoms with Gasteiger partial charge in [0.2, 0.25) is 5.95 Å². The lowest BCUT2D eigenvalue weighted by atomic mass is 10.0. The van der Waals surface area contributed by atoms with Crippen LogP contribution in [0.1, 0.15) is 23.7 Å². The van der Waals surface area contributed by atoms with Crippen molar-refractivity contribution in [3.05, 3.63) is 34.5 Å². The molecule has 8 nitrogen and oxygen atoms in total. The van der Waals surface area contributed by atoms with Crippen molar-refractivity contribution in [1.82, 2.24) is 9.97 Å². The lowest BCUT2D eigenvalue weighted by Gasteiger charge is -2.32. The second-order valence-electron chi connectivity index (χ2n) is 6.33. The van der Waals surface area contributed by atoms with Gasteiger partial charge in [0.1, 0.15) is 11.9 Å². The van der Waals surface area contributed by atoms with E-state index in [4.69, 9.17) is 36.8 Å². The lowest BCUT2D eigenvalue weighted by Crippen LogP contribution is -2.32. The molecule has 0 saturated carbocycles. The van der Waals surface area contributed by atoms with E-state index in [0.717, 1.165) is 30.0 Å². The number of anilines is 2. The van der Waals surface area contributed by atoms with Crippen LogP contribution >= 0.6 is 11.6 Å². The van der Waals surface area contributed by atoms with Crippen LogP contribution in [0, 0.1) is 18.3 Å². The van der Waals surface area contributed by atoms with Gasteiger partial charge in [0.15, 0.2) is 18.1 Å². The Labute approximate surface area is 168 Å². The number of hydrogen-bond acceptors (Lipinski definition) is 8. The molecule has 0 amide bonds. The van der Waals surface area contributed by atoms with E-state index >= 15 is 0 Å². The first kappa shape index (κ1) is 20.0. The van der Waals surface area contributed by atoms with Gasteiger partial charge < -0.3 is 24.8 Å². The Morgan fingerprint density at radius 2 is 2.18 bits per heavy atom. The fourth-order valence-corrected chi connectivity index (χ4v) is 3.50. The summed E-state index contributed by atoms with van der Waals surface area (Å²) in [5, 5.41) is 9.25. The Balaban J connectivity index is 2.03. The SMILES string of the molecule is COc1cc(C2COCCCN2c2cc(C)nc(N)n2)c(Cl)cc1OCC#N. The van der Waals surface area contributed by atoms with Crippen molar-refractivity contribution in [3.8, 4) is 17.6 Å². The molecule has 1 aromatic carbocycles. The molecule has 2 heterocycles. The number of nitrogen functional groups attached to an aromatic ring is 1. The summed E-state index contributed by atoms with van der Waals surface area (Å²) in [4.78, 5) is 10.7. The van der Waals surface area contributed by atoms with Crippen LogP contribution in [0.4, 0.5) is 11.8 Å². The minimum absolute atomic E-state index is 0.0931. The summed E-state index contributed by atoms with van der Waals surface area (Å²) in [5.74, 6) is 1.86. The van der Waals surface area contributed by atoms with Gasteiger partial charge in [-0.1, -0.05) is 11.6 Å². The van der Waals surface area contributed by atoms with Crippen LogP contribution < -0.4 is 20.1 Å². The number of benzene rings is 1. The third-order valence-corrected chi connectivity index (χ3v) is 4.75. The summed E-state index contributed by atoms with van der Waals surface area (Å²) in [7, 11) is 1.54. The van der Waals surface area contributed by atoms with Crippen LogP contribution in [-0.2, 0) is 4.74 Å². The zero-order valence-corrected chi connectivity index (χ0v) is 16.6. The van der Waals surface area contributed by atoms with E-state index in [9.17, 15) is 0 Å². The van der Waals surface area contributed by atoms with Crippen molar-refractivity contribution in [2.75, 3.05) is 44.1 Å². The number of nitrogens with two attached hydrogens (primary N) is 1. The number of halogens is 1. The molecule has 3 rings (SSSR count). The van der Waals surface area contributed by atoms with Gasteiger partial charge in [0.05, 0.1) is 19.8 Å². The molecule has 1 aromatic heterocycles. The standard InChI is InChI=1S/C19H22ClN5O3/c1-12-8-18(24-19(22)23-12)25-5-3-6-27-11-15(25)13-9-16(26-2)17(10-14(13)20)28-7-4-21/h8-10,15H,3,5-7,11H2,1-2H3,(H2,22,23,24).